The molecule has 0 fully saturated rings. The van der Waals surface area contributed by atoms with Crippen molar-refractivity contribution in [1.29, 1.82) is 0 Å². The molecule has 6 heteroatoms. The number of hydrogen-bond donors (Lipinski definition) is 1. The molecule has 4 rings (SSSR count). The van der Waals surface area contributed by atoms with Crippen molar-refractivity contribution in [2.75, 3.05) is 7.11 Å². The number of nitrogens with zero attached hydrogens (tertiary/aromatic N) is 2. The largest absolute Gasteiger partial charge is 0.497 e. The molecule has 1 N–H and O–H groups in total. The molecule has 4 aromatic rings. The van der Waals surface area contributed by atoms with Crippen LogP contribution in [0.15, 0.2) is 53.9 Å². The molecule has 0 radical (unpaired) electrons. The second-order valence-electron chi connectivity index (χ2n) is 6.81. The van der Waals surface area contributed by atoms with Crippen molar-refractivity contribution in [3.05, 3.63) is 75.7 Å². The van der Waals surface area contributed by atoms with Gasteiger partial charge in [-0.15, -0.1) is 11.3 Å². The lowest BCUT2D eigenvalue weighted by molar-refractivity contribution is 0.0950. The second-order valence-corrected chi connectivity index (χ2v) is 7.87. The number of rotatable bonds is 5. The van der Waals surface area contributed by atoms with Crippen molar-refractivity contribution in [2.24, 2.45) is 0 Å². The van der Waals surface area contributed by atoms with Gasteiger partial charge in [0, 0.05) is 22.9 Å². The van der Waals surface area contributed by atoms with Crippen LogP contribution in [0.5, 0.6) is 5.75 Å². The summed E-state index contributed by atoms with van der Waals surface area (Å²) in [7, 11) is 1.62. The number of thiazole rings is 1. The topological polar surface area (TPSA) is 64.1 Å². The first-order valence-electron chi connectivity index (χ1n) is 9.28. The fraction of sp³-hybridized carbons (Fsp3) is 0.174. The lowest BCUT2D eigenvalue weighted by Crippen LogP contribution is -2.24. The molecule has 1 amide bonds. The summed E-state index contributed by atoms with van der Waals surface area (Å²) in [5.74, 6) is 0.601. The Balaban J connectivity index is 1.48. The number of hydrogen-bond acceptors (Lipinski definition) is 5. The Kier molecular flexibility index (Phi) is 5.27. The third-order valence-corrected chi connectivity index (χ3v) is 5.55. The number of amides is 1. The molecule has 29 heavy (non-hydrogen) atoms. The number of fused-ring (bicyclic) bond motifs is 1. The average molecular weight is 404 g/mol. The Morgan fingerprint density at radius 3 is 2.55 bits per heavy atom. The van der Waals surface area contributed by atoms with E-state index in [4.69, 9.17) is 4.74 Å². The number of pyridine rings is 1. The van der Waals surface area contributed by atoms with E-state index in [0.717, 1.165) is 38.5 Å². The summed E-state index contributed by atoms with van der Waals surface area (Å²) < 4.78 is 5.27. The van der Waals surface area contributed by atoms with E-state index in [0.29, 0.717) is 17.8 Å². The van der Waals surface area contributed by atoms with Crippen LogP contribution in [-0.2, 0) is 6.54 Å². The van der Waals surface area contributed by atoms with Gasteiger partial charge in [-0.2, -0.15) is 0 Å². The number of carbonyl (C=O) groups is 1. The number of carbonyl (C=O) groups excluding carboxylic acids is 1. The number of ether oxygens (including phenoxy) is 1. The van der Waals surface area contributed by atoms with Gasteiger partial charge in [0.2, 0.25) is 0 Å². The van der Waals surface area contributed by atoms with Gasteiger partial charge in [0.05, 0.1) is 34.6 Å². The zero-order chi connectivity index (χ0) is 20.4. The number of aryl methyl sites for hydroxylation is 2. The first-order chi connectivity index (χ1) is 14.0. The van der Waals surface area contributed by atoms with Gasteiger partial charge in [-0.25, -0.2) is 4.98 Å². The second kappa shape index (κ2) is 8.01. The summed E-state index contributed by atoms with van der Waals surface area (Å²) >= 11 is 1.64. The Bertz CT molecular complexity index is 1180. The van der Waals surface area contributed by atoms with E-state index >= 15 is 0 Å². The molecule has 2 heterocycles. The van der Waals surface area contributed by atoms with E-state index in [9.17, 15) is 4.79 Å². The van der Waals surface area contributed by atoms with Crippen LogP contribution < -0.4 is 10.1 Å². The third kappa shape index (κ3) is 4.12. The zero-order valence-corrected chi connectivity index (χ0v) is 17.3. The quantitative estimate of drug-likeness (QED) is 0.514. The molecule has 0 aliphatic heterocycles. The summed E-state index contributed by atoms with van der Waals surface area (Å²) in [6.07, 6.45) is 0. The van der Waals surface area contributed by atoms with Crippen molar-refractivity contribution in [2.45, 2.75) is 20.4 Å². The zero-order valence-electron chi connectivity index (χ0n) is 16.5. The van der Waals surface area contributed by atoms with E-state index in [1.807, 2.05) is 62.4 Å². The number of benzene rings is 2. The van der Waals surface area contributed by atoms with E-state index in [1.54, 1.807) is 18.4 Å². The highest BCUT2D eigenvalue weighted by Gasteiger charge is 2.12. The summed E-state index contributed by atoms with van der Waals surface area (Å²) in [4.78, 5) is 21.8. The minimum atomic E-state index is -0.140. The van der Waals surface area contributed by atoms with E-state index in [-0.39, 0.29) is 5.91 Å². The summed E-state index contributed by atoms with van der Waals surface area (Å²) in [6.45, 7) is 4.30. The first-order valence-corrected chi connectivity index (χ1v) is 10.2. The normalized spacial score (nSPS) is 10.9. The highest BCUT2D eigenvalue weighted by atomic mass is 32.1. The highest BCUT2D eigenvalue weighted by Crippen LogP contribution is 2.23. The maximum Gasteiger partial charge on any atom is 0.253 e. The van der Waals surface area contributed by atoms with Gasteiger partial charge in [-0.05, 0) is 43.7 Å². The van der Waals surface area contributed by atoms with Gasteiger partial charge in [-0.1, -0.05) is 24.3 Å². The fourth-order valence-electron chi connectivity index (χ4n) is 3.17. The van der Waals surface area contributed by atoms with Gasteiger partial charge in [-0.3, -0.25) is 9.78 Å². The number of methoxy groups -OCH3 is 1. The Hall–Kier alpha value is -3.25. The molecule has 146 valence electrons. The van der Waals surface area contributed by atoms with Gasteiger partial charge in [0.15, 0.2) is 0 Å². The average Bonchev–Trinajstić information content (AvgIpc) is 3.18. The van der Waals surface area contributed by atoms with Crippen molar-refractivity contribution in [3.8, 4) is 17.0 Å². The maximum absolute atomic E-state index is 12.7. The van der Waals surface area contributed by atoms with Crippen molar-refractivity contribution in [1.82, 2.24) is 15.3 Å². The highest BCUT2D eigenvalue weighted by molar-refractivity contribution is 7.09. The lowest BCUT2D eigenvalue weighted by Gasteiger charge is -2.10. The first kappa shape index (κ1) is 19.1. The molecule has 0 spiro atoms. The van der Waals surface area contributed by atoms with Crippen molar-refractivity contribution >= 4 is 28.1 Å². The van der Waals surface area contributed by atoms with Crippen LogP contribution in [-0.4, -0.2) is 23.0 Å². The molecule has 0 atom stereocenters. The molecular weight excluding hydrogens is 382 g/mol. The van der Waals surface area contributed by atoms with Gasteiger partial charge in [0.25, 0.3) is 5.91 Å². The van der Waals surface area contributed by atoms with Crippen molar-refractivity contribution in [3.63, 3.8) is 0 Å². The monoisotopic (exact) mass is 403 g/mol. The summed E-state index contributed by atoms with van der Waals surface area (Å²) in [5, 5.41) is 6.97. The van der Waals surface area contributed by atoms with Crippen LogP contribution >= 0.6 is 11.3 Å². The molecule has 2 aromatic heterocycles. The Morgan fingerprint density at radius 1 is 1.07 bits per heavy atom. The van der Waals surface area contributed by atoms with Crippen molar-refractivity contribution < 1.29 is 9.53 Å². The SMILES string of the molecule is COc1ccc2nc(C)c(C(=O)NCc3ccc(-c4csc(C)n4)cc3)cc2c1. The molecule has 0 unspecified atom stereocenters. The maximum atomic E-state index is 12.7. The molecule has 0 saturated heterocycles. The fourth-order valence-corrected chi connectivity index (χ4v) is 3.80. The number of aromatic nitrogens is 2. The minimum absolute atomic E-state index is 0.140. The molecule has 0 bridgehead atoms. The molecule has 0 saturated carbocycles. The van der Waals surface area contributed by atoms with Crippen LogP contribution in [0.4, 0.5) is 0 Å². The molecule has 2 aromatic carbocycles. The predicted molar refractivity (Wildman–Crippen MR) is 116 cm³/mol. The molecule has 5 nitrogen and oxygen atoms in total. The van der Waals surface area contributed by atoms with E-state index in [1.165, 1.54) is 0 Å². The minimum Gasteiger partial charge on any atom is -0.497 e. The molecule has 0 aliphatic carbocycles. The van der Waals surface area contributed by atoms with E-state index < -0.39 is 0 Å². The summed E-state index contributed by atoms with van der Waals surface area (Å²) in [6, 6.07) is 15.6. The number of nitrogens with one attached hydrogen (secondary N) is 1. The summed E-state index contributed by atoms with van der Waals surface area (Å²) in [5.41, 5.74) is 5.20. The van der Waals surface area contributed by atoms with Crippen LogP contribution in [0.25, 0.3) is 22.2 Å². The third-order valence-electron chi connectivity index (χ3n) is 4.78. The van der Waals surface area contributed by atoms with Crippen LogP contribution in [0, 0.1) is 13.8 Å². The Morgan fingerprint density at radius 2 is 1.86 bits per heavy atom. The van der Waals surface area contributed by atoms with Gasteiger partial charge >= 0.3 is 0 Å². The van der Waals surface area contributed by atoms with E-state index in [2.05, 4.69) is 20.7 Å². The predicted octanol–water partition coefficient (Wildman–Crippen LogP) is 4.91. The standard InChI is InChI=1S/C23H21N3O2S/c1-14-20(11-18-10-19(28-3)8-9-21(18)25-14)23(27)24-12-16-4-6-17(7-5-16)22-13-29-15(2)26-22/h4-11,13H,12H2,1-3H3,(H,24,27). The van der Waals surface area contributed by atoms with Crippen LogP contribution in [0.1, 0.15) is 26.6 Å². The van der Waals surface area contributed by atoms with Crippen LogP contribution in [0.3, 0.4) is 0 Å². The van der Waals surface area contributed by atoms with Gasteiger partial charge in [0.1, 0.15) is 5.75 Å². The Labute approximate surface area is 173 Å². The lowest BCUT2D eigenvalue weighted by atomic mass is 10.1. The smallest absolute Gasteiger partial charge is 0.253 e. The van der Waals surface area contributed by atoms with Gasteiger partial charge < -0.3 is 10.1 Å². The van der Waals surface area contributed by atoms with Crippen LogP contribution in [0.2, 0.25) is 0 Å². The molecular formula is C23H21N3O2S. The molecule has 0 aliphatic rings.